The Labute approximate surface area is 125 Å². The van der Waals surface area contributed by atoms with E-state index in [1.54, 1.807) is 11.3 Å². The summed E-state index contributed by atoms with van der Waals surface area (Å²) in [4.78, 5) is 10.8. The van der Waals surface area contributed by atoms with Crippen LogP contribution in [-0.4, -0.2) is 16.5 Å². The van der Waals surface area contributed by atoms with Gasteiger partial charge in [-0.25, -0.2) is 9.97 Å². The Morgan fingerprint density at radius 3 is 2.40 bits per heavy atom. The van der Waals surface area contributed by atoms with E-state index in [1.165, 1.54) is 10.4 Å². The van der Waals surface area contributed by atoms with E-state index in [4.69, 9.17) is 9.97 Å². The van der Waals surface area contributed by atoms with Crippen LogP contribution >= 0.6 is 11.3 Å². The molecule has 0 saturated carbocycles. The first kappa shape index (κ1) is 15.0. The van der Waals surface area contributed by atoms with Crippen molar-refractivity contribution < 1.29 is 0 Å². The number of thiophene rings is 1. The monoisotopic (exact) mass is 289 g/mol. The van der Waals surface area contributed by atoms with Gasteiger partial charge in [-0.05, 0) is 37.8 Å². The van der Waals surface area contributed by atoms with E-state index in [0.29, 0.717) is 0 Å². The van der Waals surface area contributed by atoms with Gasteiger partial charge in [-0.3, -0.25) is 0 Å². The number of hydrogen-bond acceptors (Lipinski definition) is 4. The highest BCUT2D eigenvalue weighted by Gasteiger charge is 2.22. The summed E-state index contributed by atoms with van der Waals surface area (Å²) in [7, 11) is 0. The van der Waals surface area contributed by atoms with Gasteiger partial charge in [0.15, 0.2) is 0 Å². The van der Waals surface area contributed by atoms with E-state index >= 15 is 0 Å². The molecule has 1 N–H and O–H groups in total. The zero-order valence-corrected chi connectivity index (χ0v) is 14.0. The van der Waals surface area contributed by atoms with Crippen LogP contribution in [0.15, 0.2) is 11.4 Å². The average Bonchev–Trinajstić information content (AvgIpc) is 2.77. The van der Waals surface area contributed by atoms with Crippen LogP contribution in [0.25, 0.3) is 10.6 Å². The van der Waals surface area contributed by atoms with Crippen LogP contribution in [0.4, 0.5) is 5.82 Å². The molecule has 0 fully saturated rings. The van der Waals surface area contributed by atoms with Crippen molar-refractivity contribution in [3.63, 3.8) is 0 Å². The first-order valence-electron chi connectivity index (χ1n) is 7.02. The molecule has 0 radical (unpaired) electrons. The molecule has 0 aliphatic carbocycles. The zero-order chi connectivity index (χ0) is 14.9. The summed E-state index contributed by atoms with van der Waals surface area (Å²) in [5.74, 6) is 1.84. The maximum atomic E-state index is 4.85. The fraction of sp³-hybridized carbons (Fsp3) is 0.500. The van der Waals surface area contributed by atoms with Crippen LogP contribution in [0.5, 0.6) is 0 Å². The molecule has 0 aromatic carbocycles. The van der Waals surface area contributed by atoms with Gasteiger partial charge in [0.2, 0.25) is 0 Å². The molecule has 0 spiro atoms. The van der Waals surface area contributed by atoms with Gasteiger partial charge in [0.25, 0.3) is 0 Å². The van der Waals surface area contributed by atoms with Crippen molar-refractivity contribution >= 4 is 17.2 Å². The van der Waals surface area contributed by atoms with Gasteiger partial charge in [-0.2, -0.15) is 0 Å². The largest absolute Gasteiger partial charge is 0.370 e. The average molecular weight is 289 g/mol. The smallest absolute Gasteiger partial charge is 0.136 e. The van der Waals surface area contributed by atoms with Crippen molar-refractivity contribution in [1.82, 2.24) is 9.97 Å². The van der Waals surface area contributed by atoms with Crippen LogP contribution in [0.3, 0.4) is 0 Å². The normalized spacial score (nSPS) is 11.7. The highest BCUT2D eigenvalue weighted by molar-refractivity contribution is 7.13. The Kier molecular flexibility index (Phi) is 4.14. The third-order valence-electron chi connectivity index (χ3n) is 3.24. The highest BCUT2D eigenvalue weighted by atomic mass is 32.1. The molecule has 0 saturated heterocycles. The fourth-order valence-corrected chi connectivity index (χ4v) is 3.00. The molecule has 3 nitrogen and oxygen atoms in total. The van der Waals surface area contributed by atoms with Crippen LogP contribution in [0, 0.1) is 13.8 Å². The second kappa shape index (κ2) is 5.52. The third kappa shape index (κ3) is 2.85. The van der Waals surface area contributed by atoms with Gasteiger partial charge in [-0.1, -0.05) is 20.8 Å². The Balaban J connectivity index is 2.67. The maximum Gasteiger partial charge on any atom is 0.136 e. The van der Waals surface area contributed by atoms with Crippen LogP contribution < -0.4 is 5.32 Å². The standard InChI is InChI=1S/C16H23N3S/c1-7-17-14-11(3)12(13-10(2)8-9-20-13)18-15(19-14)16(4,5)6/h8-9H,7H2,1-6H3,(H,17,18,19). The topological polar surface area (TPSA) is 37.8 Å². The molecule has 2 aromatic heterocycles. The first-order valence-corrected chi connectivity index (χ1v) is 7.90. The highest BCUT2D eigenvalue weighted by Crippen LogP contribution is 2.34. The number of nitrogens with one attached hydrogen (secondary N) is 1. The Morgan fingerprint density at radius 2 is 1.90 bits per heavy atom. The summed E-state index contributed by atoms with van der Waals surface area (Å²) in [6.07, 6.45) is 0. The number of nitrogens with zero attached hydrogens (tertiary/aromatic N) is 2. The minimum Gasteiger partial charge on any atom is -0.370 e. The van der Waals surface area contributed by atoms with Gasteiger partial charge in [0.1, 0.15) is 11.6 Å². The molecule has 2 rings (SSSR count). The molecule has 0 unspecified atom stereocenters. The molecule has 0 aliphatic rings. The lowest BCUT2D eigenvalue weighted by atomic mass is 9.95. The van der Waals surface area contributed by atoms with Crippen LogP contribution in [-0.2, 0) is 5.41 Å². The van der Waals surface area contributed by atoms with Crippen molar-refractivity contribution in [2.75, 3.05) is 11.9 Å². The van der Waals surface area contributed by atoms with E-state index < -0.39 is 0 Å². The summed E-state index contributed by atoms with van der Waals surface area (Å²) < 4.78 is 0. The van der Waals surface area contributed by atoms with Crippen molar-refractivity contribution in [3.8, 4) is 10.6 Å². The molecule has 108 valence electrons. The summed E-state index contributed by atoms with van der Waals surface area (Å²) in [6.45, 7) is 13.6. The second-order valence-corrected chi connectivity index (χ2v) is 7.00. The molecule has 0 bridgehead atoms. The molecule has 4 heteroatoms. The summed E-state index contributed by atoms with van der Waals surface area (Å²) in [5.41, 5.74) is 3.41. The second-order valence-electron chi connectivity index (χ2n) is 6.08. The van der Waals surface area contributed by atoms with Gasteiger partial charge in [0, 0.05) is 17.5 Å². The van der Waals surface area contributed by atoms with Crippen molar-refractivity contribution in [1.29, 1.82) is 0 Å². The molecule has 0 aliphatic heterocycles. The number of aromatic nitrogens is 2. The predicted octanol–water partition coefficient (Wildman–Crippen LogP) is 4.55. The molecular weight excluding hydrogens is 266 g/mol. The maximum absolute atomic E-state index is 4.85. The quantitative estimate of drug-likeness (QED) is 0.900. The molecule has 0 atom stereocenters. The van der Waals surface area contributed by atoms with Gasteiger partial charge in [0.05, 0.1) is 10.6 Å². The van der Waals surface area contributed by atoms with E-state index in [1.807, 2.05) is 0 Å². The van der Waals surface area contributed by atoms with Crippen molar-refractivity contribution in [2.45, 2.75) is 47.0 Å². The summed E-state index contributed by atoms with van der Waals surface area (Å²) in [6, 6.07) is 2.14. The number of hydrogen-bond donors (Lipinski definition) is 1. The Bertz CT molecular complexity index is 609. The van der Waals surface area contributed by atoms with E-state index in [2.05, 4.69) is 58.3 Å². The van der Waals surface area contributed by atoms with E-state index in [-0.39, 0.29) is 5.41 Å². The Hall–Kier alpha value is -1.42. The predicted molar refractivity (Wildman–Crippen MR) is 87.7 cm³/mol. The lowest BCUT2D eigenvalue weighted by Crippen LogP contribution is -2.19. The fourth-order valence-electron chi connectivity index (χ4n) is 2.03. The van der Waals surface area contributed by atoms with Crippen LogP contribution in [0.2, 0.25) is 0 Å². The van der Waals surface area contributed by atoms with Gasteiger partial charge >= 0.3 is 0 Å². The molecule has 0 amide bonds. The van der Waals surface area contributed by atoms with Gasteiger partial charge in [-0.15, -0.1) is 11.3 Å². The van der Waals surface area contributed by atoms with E-state index in [0.717, 1.165) is 29.4 Å². The van der Waals surface area contributed by atoms with Crippen LogP contribution in [0.1, 0.15) is 44.6 Å². The summed E-state index contributed by atoms with van der Waals surface area (Å²) in [5, 5.41) is 5.48. The minimum absolute atomic E-state index is 0.0578. The molecule has 2 heterocycles. The lowest BCUT2D eigenvalue weighted by molar-refractivity contribution is 0.546. The number of aryl methyl sites for hydroxylation is 1. The first-order chi connectivity index (χ1) is 9.34. The Morgan fingerprint density at radius 1 is 1.20 bits per heavy atom. The molecular formula is C16H23N3S. The van der Waals surface area contributed by atoms with Gasteiger partial charge < -0.3 is 5.32 Å². The number of rotatable bonds is 3. The zero-order valence-electron chi connectivity index (χ0n) is 13.2. The van der Waals surface area contributed by atoms with Crippen molar-refractivity contribution in [2.24, 2.45) is 0 Å². The van der Waals surface area contributed by atoms with Crippen molar-refractivity contribution in [3.05, 3.63) is 28.4 Å². The lowest BCUT2D eigenvalue weighted by Gasteiger charge is -2.20. The molecule has 20 heavy (non-hydrogen) atoms. The SMILES string of the molecule is CCNc1nc(C(C)(C)C)nc(-c2sccc2C)c1C. The molecule has 2 aromatic rings. The van der Waals surface area contributed by atoms with E-state index in [9.17, 15) is 0 Å². The summed E-state index contributed by atoms with van der Waals surface area (Å²) >= 11 is 1.74. The number of anilines is 1. The third-order valence-corrected chi connectivity index (χ3v) is 4.26. The minimum atomic E-state index is -0.0578.